The van der Waals surface area contributed by atoms with Crippen molar-refractivity contribution in [3.05, 3.63) is 24.2 Å². The second kappa shape index (κ2) is 5.31. The summed E-state index contributed by atoms with van der Waals surface area (Å²) >= 11 is 0. The van der Waals surface area contributed by atoms with E-state index in [9.17, 15) is 14.4 Å². The molecule has 108 valence electrons. The maximum Gasteiger partial charge on any atom is 0.249 e. The van der Waals surface area contributed by atoms with Crippen LogP contribution in [0.15, 0.2) is 18.6 Å². The van der Waals surface area contributed by atoms with E-state index in [1.165, 1.54) is 6.33 Å². The van der Waals surface area contributed by atoms with Gasteiger partial charge in [0.15, 0.2) is 5.65 Å². The van der Waals surface area contributed by atoms with Crippen molar-refractivity contribution in [2.24, 2.45) is 0 Å². The molecule has 1 aliphatic rings. The van der Waals surface area contributed by atoms with Gasteiger partial charge in [0.1, 0.15) is 6.04 Å². The average Bonchev–Trinajstić information content (AvgIpc) is 2.91. The summed E-state index contributed by atoms with van der Waals surface area (Å²) in [5.41, 5.74) is 2.00. The summed E-state index contributed by atoms with van der Waals surface area (Å²) in [4.78, 5) is 45.7. The van der Waals surface area contributed by atoms with E-state index in [1.54, 1.807) is 12.3 Å². The second-order valence-electron chi connectivity index (χ2n) is 4.82. The zero-order chi connectivity index (χ0) is 14.8. The van der Waals surface area contributed by atoms with Gasteiger partial charge in [0.2, 0.25) is 17.7 Å². The van der Waals surface area contributed by atoms with Crippen LogP contribution in [0.2, 0.25) is 0 Å². The summed E-state index contributed by atoms with van der Waals surface area (Å²) in [6, 6.07) is 1.07. The molecule has 1 atom stereocenters. The molecular weight excluding hydrogens is 274 g/mol. The zero-order valence-corrected chi connectivity index (χ0v) is 11.0. The van der Waals surface area contributed by atoms with Crippen LogP contribution in [0, 0.1) is 0 Å². The van der Waals surface area contributed by atoms with E-state index in [-0.39, 0.29) is 24.7 Å². The van der Waals surface area contributed by atoms with Crippen molar-refractivity contribution < 1.29 is 14.4 Å². The molecule has 0 radical (unpaired) electrons. The molecular formula is C13H13N5O3. The minimum atomic E-state index is -0.658. The Hall–Kier alpha value is -2.77. The molecule has 0 saturated carbocycles. The van der Waals surface area contributed by atoms with E-state index in [2.05, 4.69) is 25.6 Å². The van der Waals surface area contributed by atoms with Gasteiger partial charge in [-0.25, -0.2) is 9.97 Å². The molecule has 1 aliphatic heterocycles. The Labute approximate surface area is 119 Å². The minimum Gasteiger partial charge on any atom is -0.344 e. The van der Waals surface area contributed by atoms with Crippen LogP contribution in [0.3, 0.4) is 0 Å². The largest absolute Gasteiger partial charge is 0.344 e. The number of nitrogens with one attached hydrogen (secondary N) is 3. The SMILES string of the molecule is O=C1CCC(NC(=O)Cc2ccnc3nc[nH]c23)C(=O)N1. The van der Waals surface area contributed by atoms with Crippen molar-refractivity contribution in [1.29, 1.82) is 0 Å². The van der Waals surface area contributed by atoms with E-state index in [4.69, 9.17) is 0 Å². The van der Waals surface area contributed by atoms with Gasteiger partial charge in [0.25, 0.3) is 0 Å². The highest BCUT2D eigenvalue weighted by Gasteiger charge is 2.27. The van der Waals surface area contributed by atoms with Crippen molar-refractivity contribution >= 4 is 28.9 Å². The number of carbonyl (C=O) groups excluding carboxylic acids is 3. The van der Waals surface area contributed by atoms with Gasteiger partial charge in [0, 0.05) is 12.6 Å². The smallest absolute Gasteiger partial charge is 0.249 e. The molecule has 0 bridgehead atoms. The van der Waals surface area contributed by atoms with Gasteiger partial charge in [-0.2, -0.15) is 0 Å². The number of H-pyrrole nitrogens is 1. The normalized spacial score (nSPS) is 18.6. The number of hydrogen-bond acceptors (Lipinski definition) is 5. The molecule has 3 N–H and O–H groups in total. The molecule has 0 aromatic carbocycles. The Morgan fingerprint density at radius 1 is 1.38 bits per heavy atom. The zero-order valence-electron chi connectivity index (χ0n) is 11.0. The minimum absolute atomic E-state index is 0.110. The number of nitrogens with zero attached hydrogens (tertiary/aromatic N) is 2. The van der Waals surface area contributed by atoms with E-state index in [1.807, 2.05) is 0 Å². The Balaban J connectivity index is 1.68. The summed E-state index contributed by atoms with van der Waals surface area (Å²) in [6.07, 6.45) is 3.76. The lowest BCUT2D eigenvalue weighted by atomic mass is 10.1. The van der Waals surface area contributed by atoms with E-state index in [0.29, 0.717) is 17.6 Å². The number of rotatable bonds is 3. The highest BCUT2D eigenvalue weighted by molar-refractivity contribution is 6.01. The highest BCUT2D eigenvalue weighted by atomic mass is 16.2. The Kier molecular flexibility index (Phi) is 3.35. The lowest BCUT2D eigenvalue weighted by molar-refractivity contribution is -0.137. The van der Waals surface area contributed by atoms with Gasteiger partial charge >= 0.3 is 0 Å². The average molecular weight is 287 g/mol. The number of fused-ring (bicyclic) bond motifs is 1. The fourth-order valence-electron chi connectivity index (χ4n) is 2.30. The third-order valence-corrected chi connectivity index (χ3v) is 3.34. The molecule has 21 heavy (non-hydrogen) atoms. The van der Waals surface area contributed by atoms with Gasteiger partial charge in [-0.15, -0.1) is 0 Å². The lowest BCUT2D eigenvalue weighted by Crippen LogP contribution is -2.52. The number of aromatic nitrogens is 3. The first-order chi connectivity index (χ1) is 10.1. The molecule has 8 nitrogen and oxygen atoms in total. The van der Waals surface area contributed by atoms with E-state index in [0.717, 1.165) is 5.56 Å². The van der Waals surface area contributed by atoms with Gasteiger partial charge in [0.05, 0.1) is 18.3 Å². The number of pyridine rings is 1. The Morgan fingerprint density at radius 3 is 3.05 bits per heavy atom. The maximum absolute atomic E-state index is 12.0. The van der Waals surface area contributed by atoms with E-state index < -0.39 is 11.9 Å². The molecule has 8 heteroatoms. The van der Waals surface area contributed by atoms with Gasteiger partial charge in [-0.1, -0.05) is 0 Å². The third-order valence-electron chi connectivity index (χ3n) is 3.34. The maximum atomic E-state index is 12.0. The fraction of sp³-hybridized carbons (Fsp3) is 0.308. The first-order valence-electron chi connectivity index (χ1n) is 6.53. The molecule has 1 saturated heterocycles. The van der Waals surface area contributed by atoms with Gasteiger partial charge in [-0.05, 0) is 18.1 Å². The predicted molar refractivity (Wildman–Crippen MR) is 71.9 cm³/mol. The number of hydrogen-bond donors (Lipinski definition) is 3. The topological polar surface area (TPSA) is 117 Å². The quantitative estimate of drug-likeness (QED) is 0.653. The standard InChI is InChI=1S/C13H13N5O3/c19-9-2-1-8(13(21)18-9)17-10(20)5-7-3-4-14-12-11(7)15-6-16-12/h3-4,6,8H,1-2,5H2,(H,17,20)(H,14,15,16)(H,18,19,21). The monoisotopic (exact) mass is 287 g/mol. The van der Waals surface area contributed by atoms with Crippen LogP contribution < -0.4 is 10.6 Å². The first-order valence-corrected chi connectivity index (χ1v) is 6.53. The van der Waals surface area contributed by atoms with Crippen molar-refractivity contribution in [3.63, 3.8) is 0 Å². The van der Waals surface area contributed by atoms with Crippen LogP contribution in [0.4, 0.5) is 0 Å². The summed E-state index contributed by atoms with van der Waals surface area (Å²) in [5.74, 6) is -1.05. The molecule has 3 heterocycles. The summed E-state index contributed by atoms with van der Waals surface area (Å²) in [5, 5.41) is 4.84. The molecule has 0 aliphatic carbocycles. The molecule has 3 amide bonds. The third kappa shape index (κ3) is 2.73. The lowest BCUT2D eigenvalue weighted by Gasteiger charge is -2.21. The number of carbonyl (C=O) groups is 3. The number of imidazole rings is 1. The second-order valence-corrected chi connectivity index (χ2v) is 4.82. The molecule has 2 aromatic rings. The predicted octanol–water partition coefficient (Wildman–Crippen LogP) is -0.578. The van der Waals surface area contributed by atoms with Crippen molar-refractivity contribution in [1.82, 2.24) is 25.6 Å². The van der Waals surface area contributed by atoms with Crippen molar-refractivity contribution in [2.45, 2.75) is 25.3 Å². The van der Waals surface area contributed by atoms with Crippen LogP contribution in [0.5, 0.6) is 0 Å². The number of amides is 3. The Bertz CT molecular complexity index is 723. The van der Waals surface area contributed by atoms with Crippen LogP contribution in [-0.4, -0.2) is 38.7 Å². The van der Waals surface area contributed by atoms with Crippen LogP contribution >= 0.6 is 0 Å². The summed E-state index contributed by atoms with van der Waals surface area (Å²) < 4.78 is 0. The van der Waals surface area contributed by atoms with Crippen molar-refractivity contribution in [3.8, 4) is 0 Å². The molecule has 0 spiro atoms. The van der Waals surface area contributed by atoms with Gasteiger partial charge in [-0.3, -0.25) is 19.7 Å². The van der Waals surface area contributed by atoms with E-state index >= 15 is 0 Å². The number of aromatic amines is 1. The summed E-state index contributed by atoms with van der Waals surface area (Å²) in [7, 11) is 0. The highest BCUT2D eigenvalue weighted by Crippen LogP contribution is 2.13. The molecule has 1 unspecified atom stereocenters. The van der Waals surface area contributed by atoms with Crippen LogP contribution in [0.1, 0.15) is 18.4 Å². The van der Waals surface area contributed by atoms with Crippen LogP contribution in [-0.2, 0) is 20.8 Å². The van der Waals surface area contributed by atoms with Gasteiger partial charge < -0.3 is 10.3 Å². The number of piperidine rings is 1. The Morgan fingerprint density at radius 2 is 2.24 bits per heavy atom. The molecule has 1 fully saturated rings. The van der Waals surface area contributed by atoms with Crippen LogP contribution in [0.25, 0.3) is 11.2 Å². The summed E-state index contributed by atoms with van der Waals surface area (Å²) in [6.45, 7) is 0. The first kappa shape index (κ1) is 13.2. The van der Waals surface area contributed by atoms with Crippen molar-refractivity contribution in [2.75, 3.05) is 0 Å². The molecule has 3 rings (SSSR count). The number of imide groups is 1. The molecule has 2 aromatic heterocycles. The fourth-order valence-corrected chi connectivity index (χ4v) is 2.30.